The van der Waals surface area contributed by atoms with Crippen molar-refractivity contribution in [2.75, 3.05) is 12.5 Å². The van der Waals surface area contributed by atoms with E-state index in [1.54, 1.807) is 0 Å². The first-order chi connectivity index (χ1) is 5.16. The maximum atomic E-state index is 10.6. The Morgan fingerprint density at radius 3 is 2.64 bits per heavy atom. The fraction of sp³-hybridized carbons (Fsp3) is 0.600. The third-order valence-electron chi connectivity index (χ3n) is 0.722. The smallest absolute Gasteiger partial charge is 0.246 e. The number of carbonyl (C=O) groups excluding carboxylic acids is 2. The third kappa shape index (κ3) is 7.08. The maximum Gasteiger partial charge on any atom is 0.246 e. The van der Waals surface area contributed by atoms with Crippen molar-refractivity contribution in [2.45, 2.75) is 6.42 Å². The fourth-order valence-corrected chi connectivity index (χ4v) is 0.496. The average molecular weight is 181 g/mol. The highest BCUT2D eigenvalue weighted by Crippen LogP contribution is 1.83. The van der Waals surface area contributed by atoms with Gasteiger partial charge in [-0.05, 0) is 0 Å². The summed E-state index contributed by atoms with van der Waals surface area (Å²) >= 11 is 5.23. The largest absolute Gasteiger partial charge is 0.368 e. The molecule has 0 unspecified atom stereocenters. The van der Waals surface area contributed by atoms with Crippen molar-refractivity contribution in [3.8, 4) is 0 Å². The predicted octanol–water partition coefficient (Wildman–Crippen LogP) is -0.852. The molecule has 11 heavy (non-hydrogen) atoms. The van der Waals surface area contributed by atoms with Crippen molar-refractivity contribution < 1.29 is 14.4 Å². The van der Waals surface area contributed by atoms with Gasteiger partial charge in [0.15, 0.2) is 6.61 Å². The van der Waals surface area contributed by atoms with Gasteiger partial charge >= 0.3 is 0 Å². The van der Waals surface area contributed by atoms with Gasteiger partial charge in [0, 0.05) is 12.3 Å². The molecular formula is C5H9ClN2O3. The van der Waals surface area contributed by atoms with E-state index in [0.29, 0.717) is 0 Å². The SMILES string of the molecule is NC(=O)CONC(=O)CCCl. The number of primary amides is 1. The number of hydrogen-bond donors (Lipinski definition) is 2. The van der Waals surface area contributed by atoms with Crippen LogP contribution in [0.3, 0.4) is 0 Å². The molecule has 0 saturated carbocycles. The molecule has 0 rings (SSSR count). The number of hydrogen-bond acceptors (Lipinski definition) is 3. The summed E-state index contributed by atoms with van der Waals surface area (Å²) in [7, 11) is 0. The minimum Gasteiger partial charge on any atom is -0.368 e. The first-order valence-electron chi connectivity index (χ1n) is 2.91. The van der Waals surface area contributed by atoms with Crippen LogP contribution in [-0.2, 0) is 14.4 Å². The van der Waals surface area contributed by atoms with Crippen LogP contribution in [0.5, 0.6) is 0 Å². The van der Waals surface area contributed by atoms with Gasteiger partial charge in [-0.1, -0.05) is 0 Å². The average Bonchev–Trinajstić information content (AvgIpc) is 1.87. The van der Waals surface area contributed by atoms with Gasteiger partial charge in [-0.2, -0.15) is 0 Å². The number of halogens is 1. The van der Waals surface area contributed by atoms with E-state index in [4.69, 9.17) is 17.3 Å². The summed E-state index contributed by atoms with van der Waals surface area (Å²) in [5.41, 5.74) is 6.70. The Bertz CT molecular complexity index is 151. The molecule has 5 nitrogen and oxygen atoms in total. The zero-order valence-electron chi connectivity index (χ0n) is 5.80. The molecule has 0 aliphatic carbocycles. The van der Waals surface area contributed by atoms with Crippen LogP contribution in [0.1, 0.15) is 6.42 Å². The molecule has 0 aromatic carbocycles. The van der Waals surface area contributed by atoms with E-state index in [2.05, 4.69) is 4.84 Å². The zero-order valence-corrected chi connectivity index (χ0v) is 6.56. The summed E-state index contributed by atoms with van der Waals surface area (Å²) in [6.07, 6.45) is 0.153. The standard InChI is InChI=1S/C5H9ClN2O3/c6-2-1-5(10)8-11-3-4(7)9/h1-3H2,(H2,7,9)(H,8,10). The van der Waals surface area contributed by atoms with Crippen LogP contribution in [0.4, 0.5) is 0 Å². The molecule has 2 amide bonds. The highest BCUT2D eigenvalue weighted by molar-refractivity contribution is 6.18. The van der Waals surface area contributed by atoms with E-state index >= 15 is 0 Å². The Morgan fingerprint density at radius 1 is 1.55 bits per heavy atom. The highest BCUT2D eigenvalue weighted by Gasteiger charge is 1.99. The van der Waals surface area contributed by atoms with Gasteiger partial charge < -0.3 is 5.73 Å². The third-order valence-corrected chi connectivity index (χ3v) is 0.911. The molecule has 6 heteroatoms. The fourth-order valence-electron chi connectivity index (χ4n) is 0.325. The molecule has 64 valence electrons. The van der Waals surface area contributed by atoms with Crippen LogP contribution in [0, 0.1) is 0 Å². The molecule has 0 aromatic rings. The van der Waals surface area contributed by atoms with Gasteiger partial charge in [0.2, 0.25) is 11.8 Å². The van der Waals surface area contributed by atoms with Crippen molar-refractivity contribution in [3.63, 3.8) is 0 Å². The van der Waals surface area contributed by atoms with Crippen molar-refractivity contribution in [2.24, 2.45) is 5.73 Å². The van der Waals surface area contributed by atoms with Gasteiger partial charge in [0.25, 0.3) is 0 Å². The first kappa shape index (κ1) is 10.2. The molecule has 3 N–H and O–H groups in total. The van der Waals surface area contributed by atoms with Gasteiger partial charge in [0.1, 0.15) is 0 Å². The lowest BCUT2D eigenvalue weighted by atomic mass is 10.5. The van der Waals surface area contributed by atoms with E-state index < -0.39 is 5.91 Å². The molecule has 0 bridgehead atoms. The maximum absolute atomic E-state index is 10.6. The molecular weight excluding hydrogens is 172 g/mol. The van der Waals surface area contributed by atoms with Crippen molar-refractivity contribution in [1.29, 1.82) is 0 Å². The molecule has 0 radical (unpaired) electrons. The van der Waals surface area contributed by atoms with E-state index in [-0.39, 0.29) is 24.8 Å². The first-order valence-corrected chi connectivity index (χ1v) is 3.45. The number of carbonyl (C=O) groups is 2. The van der Waals surface area contributed by atoms with E-state index in [1.807, 2.05) is 5.48 Å². The minimum absolute atomic E-state index is 0.153. The Balaban J connectivity index is 3.24. The van der Waals surface area contributed by atoms with Gasteiger partial charge in [-0.25, -0.2) is 5.48 Å². The number of alkyl halides is 1. The molecule has 0 fully saturated rings. The zero-order chi connectivity index (χ0) is 8.69. The molecule has 0 heterocycles. The molecule has 0 spiro atoms. The topological polar surface area (TPSA) is 81.4 Å². The lowest BCUT2D eigenvalue weighted by molar-refractivity contribution is -0.137. The number of nitrogens with two attached hydrogens (primary N) is 1. The summed E-state index contributed by atoms with van der Waals surface area (Å²) in [6, 6.07) is 0. The Hall–Kier alpha value is -0.810. The van der Waals surface area contributed by atoms with E-state index in [1.165, 1.54) is 0 Å². The molecule has 0 aliphatic heterocycles. The Morgan fingerprint density at radius 2 is 2.18 bits per heavy atom. The lowest BCUT2D eigenvalue weighted by Gasteiger charge is -2.00. The summed E-state index contributed by atoms with van der Waals surface area (Å²) in [6.45, 7) is -0.325. The van der Waals surface area contributed by atoms with Gasteiger partial charge in [-0.3, -0.25) is 14.4 Å². The predicted molar refractivity (Wildman–Crippen MR) is 38.6 cm³/mol. The number of hydroxylamine groups is 1. The van der Waals surface area contributed by atoms with Crippen LogP contribution in [0.25, 0.3) is 0 Å². The van der Waals surface area contributed by atoms with Crippen LogP contribution >= 0.6 is 11.6 Å². The van der Waals surface area contributed by atoms with Crippen LogP contribution in [-0.4, -0.2) is 24.3 Å². The van der Waals surface area contributed by atoms with Crippen LogP contribution < -0.4 is 11.2 Å². The molecule has 0 aliphatic rings. The van der Waals surface area contributed by atoms with Crippen LogP contribution in [0.15, 0.2) is 0 Å². The quantitative estimate of drug-likeness (QED) is 0.427. The number of rotatable bonds is 5. The summed E-state index contributed by atoms with van der Waals surface area (Å²) in [5.74, 6) is -0.802. The second-order valence-corrected chi connectivity index (χ2v) is 2.10. The second-order valence-electron chi connectivity index (χ2n) is 1.72. The number of nitrogens with one attached hydrogen (secondary N) is 1. The van der Waals surface area contributed by atoms with E-state index in [9.17, 15) is 9.59 Å². The monoisotopic (exact) mass is 180 g/mol. The van der Waals surface area contributed by atoms with Crippen molar-refractivity contribution in [3.05, 3.63) is 0 Å². The van der Waals surface area contributed by atoms with E-state index in [0.717, 1.165) is 0 Å². The molecule has 0 saturated heterocycles. The Labute approximate surface area is 68.8 Å². The number of amides is 2. The molecule has 0 atom stereocenters. The van der Waals surface area contributed by atoms with Crippen molar-refractivity contribution >= 4 is 23.4 Å². The van der Waals surface area contributed by atoms with Gasteiger partial charge in [0.05, 0.1) is 0 Å². The van der Waals surface area contributed by atoms with Crippen LogP contribution in [0.2, 0.25) is 0 Å². The summed E-state index contributed by atoms with van der Waals surface area (Å²) < 4.78 is 0. The lowest BCUT2D eigenvalue weighted by Crippen LogP contribution is -2.29. The second kappa shape index (κ2) is 5.94. The normalized spacial score (nSPS) is 9.18. The minimum atomic E-state index is -0.642. The summed E-state index contributed by atoms with van der Waals surface area (Å²) in [4.78, 5) is 25.0. The Kier molecular flexibility index (Phi) is 5.50. The van der Waals surface area contributed by atoms with Gasteiger partial charge in [-0.15, -0.1) is 11.6 Å². The summed E-state index contributed by atoms with van der Waals surface area (Å²) in [5, 5.41) is 0. The van der Waals surface area contributed by atoms with Crippen molar-refractivity contribution in [1.82, 2.24) is 5.48 Å². The highest BCUT2D eigenvalue weighted by atomic mass is 35.5. The molecule has 0 aromatic heterocycles.